The fourth-order valence-electron chi connectivity index (χ4n) is 4.85. The lowest BCUT2D eigenvalue weighted by molar-refractivity contribution is -0.118. The SMILES string of the molecule is COc1cc(C=Nn2c(C3CCCCC3)nc3ccc(Br)cc3c2=O)cc(I)c1OCC(=O)Nc1ccc(F)cc1. The number of halogens is 3. The molecule has 0 saturated heterocycles. The van der Waals surface area contributed by atoms with E-state index in [9.17, 15) is 14.0 Å². The maximum atomic E-state index is 13.6. The minimum absolute atomic E-state index is 0.160. The number of rotatable bonds is 8. The molecule has 1 aliphatic rings. The van der Waals surface area contributed by atoms with Gasteiger partial charge >= 0.3 is 0 Å². The molecule has 212 valence electrons. The van der Waals surface area contributed by atoms with Crippen molar-refractivity contribution in [1.82, 2.24) is 9.66 Å². The number of methoxy groups -OCH3 is 1. The van der Waals surface area contributed by atoms with Gasteiger partial charge < -0.3 is 14.8 Å². The van der Waals surface area contributed by atoms with Crippen LogP contribution in [0.2, 0.25) is 0 Å². The van der Waals surface area contributed by atoms with Gasteiger partial charge in [0.15, 0.2) is 18.1 Å². The Hall–Kier alpha value is -3.32. The highest BCUT2D eigenvalue weighted by molar-refractivity contribution is 14.1. The molecule has 1 aliphatic carbocycles. The number of nitrogens with zero attached hydrogens (tertiary/aromatic N) is 3. The van der Waals surface area contributed by atoms with E-state index in [1.54, 1.807) is 18.3 Å². The summed E-state index contributed by atoms with van der Waals surface area (Å²) in [5.74, 6) is 0.861. The second kappa shape index (κ2) is 13.1. The van der Waals surface area contributed by atoms with Crippen molar-refractivity contribution in [3.63, 3.8) is 0 Å². The molecule has 0 bridgehead atoms. The zero-order valence-electron chi connectivity index (χ0n) is 22.2. The van der Waals surface area contributed by atoms with Crippen molar-refractivity contribution in [2.24, 2.45) is 5.10 Å². The molecule has 0 spiro atoms. The van der Waals surface area contributed by atoms with Crippen molar-refractivity contribution in [3.8, 4) is 11.5 Å². The van der Waals surface area contributed by atoms with Gasteiger partial charge in [0.05, 0.1) is 27.8 Å². The van der Waals surface area contributed by atoms with Gasteiger partial charge in [-0.2, -0.15) is 9.78 Å². The number of fused-ring (bicyclic) bond motifs is 1. The number of hydrogen-bond acceptors (Lipinski definition) is 6. The van der Waals surface area contributed by atoms with Crippen LogP contribution in [-0.2, 0) is 4.79 Å². The number of anilines is 1. The number of ether oxygens (including phenoxy) is 2. The Morgan fingerprint density at radius 3 is 2.66 bits per heavy atom. The summed E-state index contributed by atoms with van der Waals surface area (Å²) in [5, 5.41) is 7.77. The van der Waals surface area contributed by atoms with E-state index in [0.29, 0.717) is 43.0 Å². The van der Waals surface area contributed by atoms with Crippen LogP contribution < -0.4 is 20.3 Å². The average Bonchev–Trinajstić information content (AvgIpc) is 2.97. The van der Waals surface area contributed by atoms with E-state index < -0.39 is 5.91 Å². The van der Waals surface area contributed by atoms with Gasteiger partial charge in [-0.15, -0.1) is 0 Å². The van der Waals surface area contributed by atoms with E-state index in [-0.39, 0.29) is 23.9 Å². The highest BCUT2D eigenvalue weighted by Gasteiger charge is 2.23. The summed E-state index contributed by atoms with van der Waals surface area (Å²) in [6, 6.07) is 14.5. The van der Waals surface area contributed by atoms with Crippen LogP contribution >= 0.6 is 38.5 Å². The minimum atomic E-state index is -0.398. The molecule has 5 rings (SSSR count). The summed E-state index contributed by atoms with van der Waals surface area (Å²) in [4.78, 5) is 30.9. The Labute approximate surface area is 258 Å². The molecule has 1 aromatic heterocycles. The van der Waals surface area contributed by atoms with Crippen LogP contribution in [-0.4, -0.2) is 35.5 Å². The molecule has 1 saturated carbocycles. The van der Waals surface area contributed by atoms with Crippen LogP contribution in [0.3, 0.4) is 0 Å². The third kappa shape index (κ3) is 6.95. The van der Waals surface area contributed by atoms with Gasteiger partial charge in [-0.3, -0.25) is 9.59 Å². The lowest BCUT2D eigenvalue weighted by atomic mass is 9.88. The van der Waals surface area contributed by atoms with E-state index in [4.69, 9.17) is 14.5 Å². The summed E-state index contributed by atoms with van der Waals surface area (Å²) in [5.41, 5.74) is 1.59. The van der Waals surface area contributed by atoms with Gasteiger partial charge in [0, 0.05) is 16.1 Å². The molecule has 11 heteroatoms. The molecular formula is C30H27BrFIN4O4. The third-order valence-electron chi connectivity index (χ3n) is 6.85. The average molecular weight is 733 g/mol. The van der Waals surface area contributed by atoms with Crippen molar-refractivity contribution in [3.05, 3.63) is 90.2 Å². The lowest BCUT2D eigenvalue weighted by Gasteiger charge is -2.22. The van der Waals surface area contributed by atoms with E-state index in [0.717, 1.165) is 30.2 Å². The topological polar surface area (TPSA) is 94.8 Å². The Balaban J connectivity index is 1.41. The largest absolute Gasteiger partial charge is 0.493 e. The van der Waals surface area contributed by atoms with Gasteiger partial charge in [-0.05, 0) is 95.6 Å². The number of nitrogens with one attached hydrogen (secondary N) is 1. The molecule has 1 amide bonds. The monoisotopic (exact) mass is 732 g/mol. The first-order chi connectivity index (χ1) is 19.8. The van der Waals surface area contributed by atoms with E-state index in [1.165, 1.54) is 42.5 Å². The molecule has 3 aromatic carbocycles. The number of carbonyl (C=O) groups is 1. The molecule has 1 N–H and O–H groups in total. The molecule has 1 fully saturated rings. The first-order valence-corrected chi connectivity index (χ1v) is 15.0. The van der Waals surface area contributed by atoms with Crippen LogP contribution in [0.15, 0.2) is 69.0 Å². The van der Waals surface area contributed by atoms with Crippen molar-refractivity contribution < 1.29 is 18.7 Å². The maximum Gasteiger partial charge on any atom is 0.282 e. The Bertz CT molecular complexity index is 1670. The van der Waals surface area contributed by atoms with Crippen LogP contribution in [0, 0.1) is 9.39 Å². The van der Waals surface area contributed by atoms with E-state index in [2.05, 4.69) is 48.9 Å². The van der Waals surface area contributed by atoms with Gasteiger partial charge in [-0.25, -0.2) is 9.37 Å². The van der Waals surface area contributed by atoms with Gasteiger partial charge in [0.1, 0.15) is 11.6 Å². The summed E-state index contributed by atoms with van der Waals surface area (Å²) >= 11 is 5.55. The molecule has 1 heterocycles. The smallest absolute Gasteiger partial charge is 0.282 e. The van der Waals surface area contributed by atoms with Crippen LogP contribution in [0.1, 0.15) is 49.4 Å². The maximum absolute atomic E-state index is 13.6. The fourth-order valence-corrected chi connectivity index (χ4v) is 5.99. The normalized spacial score (nSPS) is 14.0. The fraction of sp³-hybridized carbons (Fsp3) is 0.267. The Morgan fingerprint density at radius 2 is 1.93 bits per heavy atom. The number of amides is 1. The standard InChI is InChI=1S/C30H27BrFIN4O4/c1-40-26-14-18(13-24(33)28(26)41-17-27(38)35-22-10-8-21(32)9-11-22)16-34-37-29(19-5-3-2-4-6-19)36-25-12-7-20(31)15-23(25)30(37)39/h7-16,19H,2-6,17H2,1H3,(H,35,38). The first-order valence-electron chi connectivity index (χ1n) is 13.1. The Morgan fingerprint density at radius 1 is 1.17 bits per heavy atom. The van der Waals surface area contributed by atoms with Gasteiger partial charge in [0.2, 0.25) is 0 Å². The van der Waals surface area contributed by atoms with Crippen LogP contribution in [0.25, 0.3) is 10.9 Å². The van der Waals surface area contributed by atoms with Crippen molar-refractivity contribution >= 4 is 67.2 Å². The number of hydrogen-bond donors (Lipinski definition) is 1. The summed E-state index contributed by atoms with van der Waals surface area (Å²) < 4.78 is 27.4. The van der Waals surface area contributed by atoms with Gasteiger partial charge in [0.25, 0.3) is 11.5 Å². The first kappa shape index (κ1) is 29.2. The predicted octanol–water partition coefficient (Wildman–Crippen LogP) is 6.86. The molecule has 8 nitrogen and oxygen atoms in total. The molecule has 0 atom stereocenters. The highest BCUT2D eigenvalue weighted by atomic mass is 127. The second-order valence-electron chi connectivity index (χ2n) is 9.71. The number of benzene rings is 3. The van der Waals surface area contributed by atoms with Crippen molar-refractivity contribution in [2.75, 3.05) is 19.0 Å². The van der Waals surface area contributed by atoms with Crippen LogP contribution in [0.4, 0.5) is 10.1 Å². The number of aromatic nitrogens is 2. The summed E-state index contributed by atoms with van der Waals surface area (Å²) in [6.07, 6.45) is 6.93. The lowest BCUT2D eigenvalue weighted by Crippen LogP contribution is -2.25. The molecule has 41 heavy (non-hydrogen) atoms. The zero-order valence-corrected chi connectivity index (χ0v) is 25.9. The number of carbonyl (C=O) groups excluding carboxylic acids is 1. The molecular weight excluding hydrogens is 706 g/mol. The second-order valence-corrected chi connectivity index (χ2v) is 11.8. The van der Waals surface area contributed by atoms with Gasteiger partial charge in [-0.1, -0.05) is 35.2 Å². The highest BCUT2D eigenvalue weighted by Crippen LogP contribution is 2.34. The Kier molecular flexibility index (Phi) is 9.33. The quantitative estimate of drug-likeness (QED) is 0.158. The van der Waals surface area contributed by atoms with Crippen molar-refractivity contribution in [1.29, 1.82) is 0 Å². The molecule has 0 radical (unpaired) electrons. The molecule has 4 aromatic rings. The predicted molar refractivity (Wildman–Crippen MR) is 169 cm³/mol. The van der Waals surface area contributed by atoms with Crippen LogP contribution in [0.5, 0.6) is 11.5 Å². The van der Waals surface area contributed by atoms with E-state index >= 15 is 0 Å². The molecule has 0 unspecified atom stereocenters. The minimum Gasteiger partial charge on any atom is -0.493 e. The van der Waals surface area contributed by atoms with Crippen molar-refractivity contribution in [2.45, 2.75) is 38.0 Å². The molecule has 0 aliphatic heterocycles. The van der Waals surface area contributed by atoms with E-state index in [1.807, 2.05) is 18.2 Å². The summed E-state index contributed by atoms with van der Waals surface area (Å²) in [6.45, 7) is -0.268. The zero-order chi connectivity index (χ0) is 28.9. The third-order valence-corrected chi connectivity index (χ3v) is 8.15. The summed E-state index contributed by atoms with van der Waals surface area (Å²) in [7, 11) is 1.51.